The van der Waals surface area contributed by atoms with E-state index in [1.165, 1.54) is 11.3 Å². The second-order valence-electron chi connectivity index (χ2n) is 6.57. The third-order valence-electron chi connectivity index (χ3n) is 4.15. The largest absolute Gasteiger partial charge is 0.375 e. The van der Waals surface area contributed by atoms with Gasteiger partial charge in [-0.05, 0) is 35.9 Å². The van der Waals surface area contributed by atoms with Gasteiger partial charge in [0, 0.05) is 25.8 Å². The summed E-state index contributed by atoms with van der Waals surface area (Å²) in [4.78, 5) is 27.5. The number of hydrogen-bond acceptors (Lipinski definition) is 4. The van der Waals surface area contributed by atoms with E-state index in [1.807, 2.05) is 50.5 Å². The molecule has 2 rings (SSSR count). The van der Waals surface area contributed by atoms with Crippen molar-refractivity contribution >= 4 is 28.8 Å². The highest BCUT2D eigenvalue weighted by molar-refractivity contribution is 7.12. The number of rotatable bonds is 9. The molecule has 2 N–H and O–H groups in total. The van der Waals surface area contributed by atoms with Crippen LogP contribution in [-0.4, -0.2) is 38.0 Å². The Morgan fingerprint density at radius 3 is 2.46 bits per heavy atom. The highest BCUT2D eigenvalue weighted by Gasteiger charge is 2.24. The molecule has 1 aromatic carbocycles. The Kier molecular flexibility index (Phi) is 7.66. The van der Waals surface area contributed by atoms with E-state index in [-0.39, 0.29) is 17.7 Å². The van der Waals surface area contributed by atoms with Crippen LogP contribution in [0, 0.1) is 5.92 Å². The van der Waals surface area contributed by atoms with Crippen molar-refractivity contribution in [3.05, 3.63) is 52.7 Å². The summed E-state index contributed by atoms with van der Waals surface area (Å²) < 4.78 is 0. The number of benzene rings is 1. The molecule has 0 spiro atoms. The number of hydrogen-bond donors (Lipinski definition) is 2. The lowest BCUT2D eigenvalue weighted by atomic mass is 10.0. The van der Waals surface area contributed by atoms with Gasteiger partial charge in [-0.25, -0.2) is 0 Å². The minimum absolute atomic E-state index is 0.0194. The minimum Gasteiger partial charge on any atom is -0.375 e. The lowest BCUT2D eigenvalue weighted by Gasteiger charge is -2.22. The maximum atomic E-state index is 12.5. The Labute approximate surface area is 159 Å². The van der Waals surface area contributed by atoms with Crippen LogP contribution in [0.1, 0.15) is 29.9 Å². The highest BCUT2D eigenvalue weighted by Crippen LogP contribution is 2.11. The molecule has 0 aliphatic heterocycles. The molecule has 0 saturated carbocycles. The van der Waals surface area contributed by atoms with Gasteiger partial charge in [-0.2, -0.15) is 0 Å². The Morgan fingerprint density at radius 2 is 1.85 bits per heavy atom. The maximum Gasteiger partial charge on any atom is 0.262 e. The molecule has 1 atom stereocenters. The summed E-state index contributed by atoms with van der Waals surface area (Å²) in [5.41, 5.74) is 1.15. The predicted octanol–water partition coefficient (Wildman–Crippen LogP) is 3.15. The number of anilines is 1. The molecule has 0 bridgehead atoms. The smallest absolute Gasteiger partial charge is 0.262 e. The van der Waals surface area contributed by atoms with Gasteiger partial charge < -0.3 is 15.5 Å². The van der Waals surface area contributed by atoms with Gasteiger partial charge in [0.2, 0.25) is 5.91 Å². The second kappa shape index (κ2) is 9.97. The molecule has 1 heterocycles. The lowest BCUT2D eigenvalue weighted by molar-refractivity contribution is -0.123. The number of thiophene rings is 1. The van der Waals surface area contributed by atoms with Crippen molar-refractivity contribution in [2.24, 2.45) is 5.92 Å². The summed E-state index contributed by atoms with van der Waals surface area (Å²) in [6, 6.07) is 13.2. The molecule has 0 radical (unpaired) electrons. The average Bonchev–Trinajstić information content (AvgIpc) is 3.18. The molecule has 140 valence electrons. The van der Waals surface area contributed by atoms with Gasteiger partial charge in [-0.3, -0.25) is 9.59 Å². The van der Waals surface area contributed by atoms with Crippen LogP contribution in [0.2, 0.25) is 0 Å². The van der Waals surface area contributed by atoms with Crippen molar-refractivity contribution < 1.29 is 9.59 Å². The van der Waals surface area contributed by atoms with Gasteiger partial charge in [0.1, 0.15) is 6.04 Å². The lowest BCUT2D eigenvalue weighted by Crippen LogP contribution is -2.49. The molecule has 0 fully saturated rings. The normalized spacial score (nSPS) is 11.8. The van der Waals surface area contributed by atoms with Crippen LogP contribution in [0.25, 0.3) is 0 Å². The number of nitrogens with one attached hydrogen (secondary N) is 2. The zero-order chi connectivity index (χ0) is 18.9. The van der Waals surface area contributed by atoms with E-state index in [1.54, 1.807) is 6.07 Å². The Balaban J connectivity index is 1.77. The topological polar surface area (TPSA) is 61.4 Å². The van der Waals surface area contributed by atoms with Gasteiger partial charge in [-0.15, -0.1) is 11.3 Å². The number of nitrogens with zero attached hydrogens (tertiary/aromatic N) is 1. The molecular formula is C20H27N3O2S. The fraction of sp³-hybridized carbons (Fsp3) is 0.400. The molecule has 2 amide bonds. The van der Waals surface area contributed by atoms with Crippen molar-refractivity contribution in [2.45, 2.75) is 26.3 Å². The van der Waals surface area contributed by atoms with Crippen LogP contribution in [0.15, 0.2) is 47.8 Å². The van der Waals surface area contributed by atoms with Crippen molar-refractivity contribution in [2.75, 3.05) is 25.0 Å². The zero-order valence-electron chi connectivity index (χ0n) is 15.6. The molecule has 0 unspecified atom stereocenters. The Hall–Kier alpha value is -2.34. The van der Waals surface area contributed by atoms with Gasteiger partial charge in [0.05, 0.1) is 4.88 Å². The molecule has 0 saturated heterocycles. The molecule has 2 aromatic rings. The van der Waals surface area contributed by atoms with Crippen LogP contribution in [0.3, 0.4) is 0 Å². The minimum atomic E-state index is -0.531. The summed E-state index contributed by atoms with van der Waals surface area (Å²) in [5, 5.41) is 7.64. The standard InChI is InChI=1S/C20H27N3O2S/c1-15(2)18(22-19(24)17-11-7-14-26-17)20(25)21-12-8-13-23(3)16-9-5-4-6-10-16/h4-7,9-11,14-15,18H,8,12-13H2,1-3H3,(H,21,25)(H,22,24)/t18-/m0/s1. The summed E-state index contributed by atoms with van der Waals surface area (Å²) >= 11 is 1.37. The van der Waals surface area contributed by atoms with Crippen molar-refractivity contribution in [3.63, 3.8) is 0 Å². The van der Waals surface area contributed by atoms with Gasteiger partial charge in [0.25, 0.3) is 5.91 Å². The second-order valence-corrected chi connectivity index (χ2v) is 7.52. The van der Waals surface area contributed by atoms with Crippen LogP contribution >= 0.6 is 11.3 Å². The van der Waals surface area contributed by atoms with Crippen LogP contribution in [0.5, 0.6) is 0 Å². The first-order chi connectivity index (χ1) is 12.5. The van der Waals surface area contributed by atoms with Crippen molar-refractivity contribution in [1.29, 1.82) is 0 Å². The van der Waals surface area contributed by atoms with E-state index in [0.717, 1.165) is 18.7 Å². The summed E-state index contributed by atoms with van der Waals surface area (Å²) in [7, 11) is 2.04. The van der Waals surface area contributed by atoms with Crippen LogP contribution in [0.4, 0.5) is 5.69 Å². The number of carbonyl (C=O) groups is 2. The van der Waals surface area contributed by atoms with Gasteiger partial charge >= 0.3 is 0 Å². The third-order valence-corrected chi connectivity index (χ3v) is 5.02. The quantitative estimate of drug-likeness (QED) is 0.664. The summed E-state index contributed by atoms with van der Waals surface area (Å²) in [6.07, 6.45) is 0.834. The van der Waals surface area contributed by atoms with Crippen molar-refractivity contribution in [1.82, 2.24) is 10.6 Å². The fourth-order valence-electron chi connectivity index (χ4n) is 2.60. The number of carbonyl (C=O) groups excluding carboxylic acids is 2. The average molecular weight is 374 g/mol. The Morgan fingerprint density at radius 1 is 1.12 bits per heavy atom. The first kappa shape index (κ1) is 20.0. The predicted molar refractivity (Wildman–Crippen MR) is 108 cm³/mol. The maximum absolute atomic E-state index is 12.5. The van der Waals surface area contributed by atoms with Gasteiger partial charge in [0.15, 0.2) is 0 Å². The fourth-order valence-corrected chi connectivity index (χ4v) is 3.23. The van der Waals surface area contributed by atoms with E-state index in [4.69, 9.17) is 0 Å². The van der Waals surface area contributed by atoms with E-state index in [2.05, 4.69) is 27.7 Å². The van der Waals surface area contributed by atoms with Crippen LogP contribution < -0.4 is 15.5 Å². The molecular weight excluding hydrogens is 346 g/mol. The monoisotopic (exact) mass is 373 g/mol. The first-order valence-electron chi connectivity index (χ1n) is 8.87. The highest BCUT2D eigenvalue weighted by atomic mass is 32.1. The first-order valence-corrected chi connectivity index (χ1v) is 9.75. The van der Waals surface area contributed by atoms with Gasteiger partial charge in [-0.1, -0.05) is 38.1 Å². The van der Waals surface area contributed by atoms with Crippen LogP contribution in [-0.2, 0) is 4.79 Å². The number of para-hydroxylation sites is 1. The SMILES string of the molecule is CC(C)[C@H](NC(=O)c1cccs1)C(=O)NCCCN(C)c1ccccc1. The van der Waals surface area contributed by atoms with Crippen molar-refractivity contribution in [3.8, 4) is 0 Å². The Bertz CT molecular complexity index is 686. The molecule has 0 aliphatic carbocycles. The van der Waals surface area contributed by atoms with E-state index >= 15 is 0 Å². The third kappa shape index (κ3) is 5.88. The molecule has 6 heteroatoms. The molecule has 0 aliphatic rings. The molecule has 26 heavy (non-hydrogen) atoms. The number of amides is 2. The zero-order valence-corrected chi connectivity index (χ0v) is 16.4. The molecule has 5 nitrogen and oxygen atoms in total. The summed E-state index contributed by atoms with van der Waals surface area (Å²) in [5.74, 6) is -0.309. The summed E-state index contributed by atoms with van der Waals surface area (Å²) in [6.45, 7) is 5.29. The van der Waals surface area contributed by atoms with E-state index < -0.39 is 6.04 Å². The van der Waals surface area contributed by atoms with E-state index in [0.29, 0.717) is 11.4 Å². The van der Waals surface area contributed by atoms with E-state index in [9.17, 15) is 9.59 Å². The molecule has 1 aromatic heterocycles.